The van der Waals surface area contributed by atoms with E-state index in [1.165, 1.54) is 199 Å². The quantitative estimate of drug-likeness (QED) is 0.0278. The molecule has 2 atom stereocenters. The molecular weight excluding hydrogens is 808 g/mol. The Morgan fingerprint density at radius 3 is 1.13 bits per heavy atom. The van der Waals surface area contributed by atoms with Crippen LogP contribution in [0.4, 0.5) is 0 Å². The van der Waals surface area contributed by atoms with Crippen LogP contribution in [0.15, 0.2) is 36.5 Å². The summed E-state index contributed by atoms with van der Waals surface area (Å²) < 4.78 is 32.2. The highest BCUT2D eigenvalue weighted by Gasteiger charge is 2.24. The molecule has 0 aromatic rings. The Kier molecular flexibility index (Phi) is 48.3. The molecule has 0 bridgehead atoms. The molecule has 0 amide bonds. The van der Waals surface area contributed by atoms with Crippen molar-refractivity contribution in [2.24, 2.45) is 0 Å². The van der Waals surface area contributed by atoms with E-state index in [2.05, 4.69) is 54.8 Å². The maximum Gasteiger partial charge on any atom is 0.472 e. The van der Waals surface area contributed by atoms with Gasteiger partial charge in [0.2, 0.25) is 0 Å². The van der Waals surface area contributed by atoms with Gasteiger partial charge in [-0.2, -0.15) is 0 Å². The average molecular weight is 909 g/mol. The SMILES string of the molecule is CCCCCCC/C=C\C/C=C\CCCCCCCCCCCCCC(=O)OC(COC(=O)CCCCCCCCCCC/C=C\CCCCCCCCCC)COP(=O)(O)OC. The first kappa shape index (κ1) is 61.3. The first-order valence-electron chi connectivity index (χ1n) is 26.7. The average Bonchev–Trinajstić information content (AvgIpc) is 3.28. The Bertz CT molecular complexity index is 1120. The molecule has 0 heterocycles. The number of hydrogen-bond donors (Lipinski definition) is 1. The lowest BCUT2D eigenvalue weighted by Crippen LogP contribution is -2.29. The first-order chi connectivity index (χ1) is 30.8. The first-order valence-corrected chi connectivity index (χ1v) is 28.2. The van der Waals surface area contributed by atoms with Crippen molar-refractivity contribution in [3.05, 3.63) is 36.5 Å². The third-order valence-corrected chi connectivity index (χ3v) is 12.8. The molecule has 0 aliphatic carbocycles. The molecule has 0 radical (unpaired) electrons. The van der Waals surface area contributed by atoms with Crippen LogP contribution in [0.3, 0.4) is 0 Å². The fourth-order valence-electron chi connectivity index (χ4n) is 7.74. The van der Waals surface area contributed by atoms with E-state index in [0.717, 1.165) is 45.6 Å². The van der Waals surface area contributed by atoms with E-state index in [0.29, 0.717) is 12.8 Å². The van der Waals surface area contributed by atoms with Gasteiger partial charge in [0.1, 0.15) is 6.61 Å². The summed E-state index contributed by atoms with van der Waals surface area (Å²) in [4.78, 5) is 34.7. The van der Waals surface area contributed by atoms with Crippen molar-refractivity contribution in [3.63, 3.8) is 0 Å². The Hall–Kier alpha value is -1.73. The zero-order valence-electron chi connectivity index (χ0n) is 41.5. The fourth-order valence-corrected chi connectivity index (χ4v) is 8.20. The maximum absolute atomic E-state index is 12.6. The van der Waals surface area contributed by atoms with Crippen molar-refractivity contribution >= 4 is 19.8 Å². The van der Waals surface area contributed by atoms with Gasteiger partial charge in [-0.3, -0.25) is 18.6 Å². The van der Waals surface area contributed by atoms with E-state index < -0.39 is 26.5 Å². The van der Waals surface area contributed by atoms with Crippen molar-refractivity contribution in [1.29, 1.82) is 0 Å². The van der Waals surface area contributed by atoms with Crippen molar-refractivity contribution in [2.75, 3.05) is 20.3 Å². The number of allylic oxidation sites excluding steroid dienone is 6. The normalized spacial score (nSPS) is 13.4. The van der Waals surface area contributed by atoms with Gasteiger partial charge in [-0.05, 0) is 70.6 Å². The molecule has 63 heavy (non-hydrogen) atoms. The summed E-state index contributed by atoms with van der Waals surface area (Å²) in [6.07, 6.45) is 60.7. The highest BCUT2D eigenvalue weighted by molar-refractivity contribution is 7.47. The number of rotatable bonds is 50. The summed E-state index contributed by atoms with van der Waals surface area (Å²) in [5.41, 5.74) is 0. The minimum absolute atomic E-state index is 0.225. The van der Waals surface area contributed by atoms with Gasteiger partial charge in [0.05, 0.1) is 6.61 Å². The number of ether oxygens (including phenoxy) is 2. The number of phosphoric acid groups is 1. The second-order valence-corrected chi connectivity index (χ2v) is 19.6. The van der Waals surface area contributed by atoms with Crippen LogP contribution < -0.4 is 0 Å². The molecule has 0 saturated carbocycles. The molecule has 0 fully saturated rings. The van der Waals surface area contributed by atoms with Crippen LogP contribution in [0, 0.1) is 0 Å². The number of carbonyl (C=O) groups excluding carboxylic acids is 2. The molecule has 0 aliphatic rings. The van der Waals surface area contributed by atoms with Crippen molar-refractivity contribution in [2.45, 2.75) is 277 Å². The standard InChI is InChI=1S/C54H101O8P/c1-4-6-8-10-12-14-16-18-20-22-24-26-27-29-31-33-35-37-39-41-43-45-47-49-54(56)62-52(51-61-63(57,58)59-3)50-60-53(55)48-46-44-42-40-38-36-34-32-30-28-25-23-21-19-17-15-13-11-9-7-5-2/h16,18,22-25,52H,4-15,17,19-21,26-51H2,1-3H3,(H,57,58)/b18-16-,24-22-,25-23-. The lowest BCUT2D eigenvalue weighted by atomic mass is 10.0. The van der Waals surface area contributed by atoms with Gasteiger partial charge in [0, 0.05) is 20.0 Å². The molecule has 370 valence electrons. The summed E-state index contributed by atoms with van der Waals surface area (Å²) in [5, 5.41) is 0. The molecular formula is C54H101O8P. The van der Waals surface area contributed by atoms with E-state index in [4.69, 9.17) is 14.0 Å². The van der Waals surface area contributed by atoms with Gasteiger partial charge in [0.25, 0.3) is 0 Å². The van der Waals surface area contributed by atoms with Gasteiger partial charge >= 0.3 is 19.8 Å². The van der Waals surface area contributed by atoms with E-state index >= 15 is 0 Å². The zero-order valence-corrected chi connectivity index (χ0v) is 42.4. The van der Waals surface area contributed by atoms with E-state index in [1.54, 1.807) is 0 Å². The molecule has 0 saturated heterocycles. The maximum atomic E-state index is 12.6. The van der Waals surface area contributed by atoms with E-state index in [1.807, 2.05) is 0 Å². The molecule has 0 aromatic carbocycles. The summed E-state index contributed by atoms with van der Waals surface area (Å²) >= 11 is 0. The van der Waals surface area contributed by atoms with Gasteiger partial charge in [-0.15, -0.1) is 0 Å². The van der Waals surface area contributed by atoms with Crippen LogP contribution in [0.1, 0.15) is 271 Å². The Morgan fingerprint density at radius 2 is 0.762 bits per heavy atom. The number of phosphoric ester groups is 1. The van der Waals surface area contributed by atoms with Gasteiger partial charge < -0.3 is 14.4 Å². The topological polar surface area (TPSA) is 108 Å². The molecule has 1 N–H and O–H groups in total. The summed E-state index contributed by atoms with van der Waals surface area (Å²) in [6, 6.07) is 0. The highest BCUT2D eigenvalue weighted by Crippen LogP contribution is 2.42. The number of unbranched alkanes of at least 4 members (excludes halogenated alkanes) is 33. The van der Waals surface area contributed by atoms with Crippen molar-refractivity contribution < 1.29 is 37.6 Å². The second kappa shape index (κ2) is 49.7. The Morgan fingerprint density at radius 1 is 0.444 bits per heavy atom. The van der Waals surface area contributed by atoms with Crippen LogP contribution >= 0.6 is 7.82 Å². The highest BCUT2D eigenvalue weighted by atomic mass is 31.2. The van der Waals surface area contributed by atoms with Gasteiger partial charge in [0.15, 0.2) is 6.10 Å². The molecule has 0 rings (SSSR count). The predicted molar refractivity (Wildman–Crippen MR) is 267 cm³/mol. The van der Waals surface area contributed by atoms with Crippen LogP contribution in [-0.4, -0.2) is 43.3 Å². The molecule has 9 heteroatoms. The third-order valence-electron chi connectivity index (χ3n) is 11.9. The molecule has 0 spiro atoms. The largest absolute Gasteiger partial charge is 0.472 e. The lowest BCUT2D eigenvalue weighted by Gasteiger charge is -2.19. The number of carbonyl (C=O) groups is 2. The van der Waals surface area contributed by atoms with Crippen LogP contribution in [0.5, 0.6) is 0 Å². The Labute approximate surface area is 389 Å². The fraction of sp³-hybridized carbons (Fsp3) is 0.852. The predicted octanol–water partition coefficient (Wildman–Crippen LogP) is 17.5. The van der Waals surface area contributed by atoms with Gasteiger partial charge in [-0.1, -0.05) is 224 Å². The summed E-state index contributed by atoms with van der Waals surface area (Å²) in [6.45, 7) is 3.92. The van der Waals surface area contributed by atoms with Crippen molar-refractivity contribution in [1.82, 2.24) is 0 Å². The van der Waals surface area contributed by atoms with E-state index in [9.17, 15) is 19.0 Å². The van der Waals surface area contributed by atoms with Gasteiger partial charge in [-0.25, -0.2) is 4.57 Å². The van der Waals surface area contributed by atoms with Crippen LogP contribution in [0.25, 0.3) is 0 Å². The van der Waals surface area contributed by atoms with Crippen LogP contribution in [0.2, 0.25) is 0 Å². The lowest BCUT2D eigenvalue weighted by molar-refractivity contribution is -0.161. The van der Waals surface area contributed by atoms with E-state index in [-0.39, 0.29) is 19.0 Å². The molecule has 0 aliphatic heterocycles. The smallest absolute Gasteiger partial charge is 0.462 e. The third kappa shape index (κ3) is 49.5. The number of esters is 2. The summed E-state index contributed by atoms with van der Waals surface area (Å²) in [7, 11) is -3.20. The second-order valence-electron chi connectivity index (χ2n) is 18.0. The zero-order chi connectivity index (χ0) is 46.0. The molecule has 2 unspecified atom stereocenters. The monoisotopic (exact) mass is 909 g/mol. The number of hydrogen-bond acceptors (Lipinski definition) is 7. The van der Waals surface area contributed by atoms with Crippen LogP contribution in [-0.2, 0) is 32.7 Å². The summed E-state index contributed by atoms with van der Waals surface area (Å²) in [5.74, 6) is -0.797. The minimum Gasteiger partial charge on any atom is -0.462 e. The minimum atomic E-state index is -4.27. The molecule has 0 aromatic heterocycles. The Balaban J connectivity index is 3.87. The molecule has 8 nitrogen and oxygen atoms in total. The van der Waals surface area contributed by atoms with Crippen molar-refractivity contribution in [3.8, 4) is 0 Å².